The van der Waals surface area contributed by atoms with Gasteiger partial charge in [-0.15, -0.1) is 0 Å². The zero-order chi connectivity index (χ0) is 13.9. The number of rotatable bonds is 10. The Labute approximate surface area is 119 Å². The van der Waals surface area contributed by atoms with E-state index in [1.165, 1.54) is 56.9 Å². The first-order valence-electron chi connectivity index (χ1n) is 8.11. The second kappa shape index (κ2) is 10.00. The molecule has 0 N–H and O–H groups in total. The molecule has 108 valence electrons. The molecule has 0 aliphatic carbocycles. The van der Waals surface area contributed by atoms with Crippen LogP contribution in [0.1, 0.15) is 71.3 Å². The van der Waals surface area contributed by atoms with Crippen LogP contribution in [0.25, 0.3) is 0 Å². The molecule has 1 heteroatoms. The fourth-order valence-electron chi connectivity index (χ4n) is 2.62. The van der Waals surface area contributed by atoms with Crippen molar-refractivity contribution in [1.82, 2.24) is 4.98 Å². The Morgan fingerprint density at radius 2 is 1.68 bits per heavy atom. The monoisotopic (exact) mass is 261 g/mol. The van der Waals surface area contributed by atoms with Crippen LogP contribution in [0.2, 0.25) is 0 Å². The van der Waals surface area contributed by atoms with E-state index >= 15 is 0 Å². The molecule has 2 atom stereocenters. The first-order chi connectivity index (χ1) is 9.22. The van der Waals surface area contributed by atoms with E-state index in [1.54, 1.807) is 0 Å². The van der Waals surface area contributed by atoms with Gasteiger partial charge in [0, 0.05) is 12.4 Å². The Morgan fingerprint density at radius 1 is 1.00 bits per heavy atom. The molecule has 0 aliphatic heterocycles. The van der Waals surface area contributed by atoms with Crippen LogP contribution in [0.3, 0.4) is 0 Å². The standard InChI is InChI=1S/C18H31N/c1-4-5-8-16(2)9-6-10-17(3)12-13-18-11-7-14-19-15-18/h7,11,14-17H,4-6,8-10,12-13H2,1-3H3. The molecule has 0 aliphatic rings. The molecule has 0 amide bonds. The minimum Gasteiger partial charge on any atom is -0.264 e. The summed E-state index contributed by atoms with van der Waals surface area (Å²) in [6, 6.07) is 4.22. The van der Waals surface area contributed by atoms with Gasteiger partial charge in [0.25, 0.3) is 0 Å². The van der Waals surface area contributed by atoms with Gasteiger partial charge in [0.2, 0.25) is 0 Å². The predicted octanol–water partition coefficient (Wildman–Crippen LogP) is 5.65. The topological polar surface area (TPSA) is 12.9 Å². The van der Waals surface area contributed by atoms with Gasteiger partial charge >= 0.3 is 0 Å². The summed E-state index contributed by atoms with van der Waals surface area (Å²) in [5, 5.41) is 0. The fourth-order valence-corrected chi connectivity index (χ4v) is 2.62. The number of nitrogens with zero attached hydrogens (tertiary/aromatic N) is 1. The lowest BCUT2D eigenvalue weighted by Crippen LogP contribution is -2.00. The Kier molecular flexibility index (Phi) is 8.53. The minimum atomic E-state index is 0.846. The van der Waals surface area contributed by atoms with Crippen LogP contribution in [-0.2, 0) is 6.42 Å². The van der Waals surface area contributed by atoms with Crippen LogP contribution >= 0.6 is 0 Å². The molecule has 1 nitrogen and oxygen atoms in total. The van der Waals surface area contributed by atoms with Crippen molar-refractivity contribution in [2.24, 2.45) is 11.8 Å². The van der Waals surface area contributed by atoms with Crippen molar-refractivity contribution in [2.75, 3.05) is 0 Å². The van der Waals surface area contributed by atoms with Gasteiger partial charge in [-0.3, -0.25) is 4.98 Å². The third-order valence-electron chi connectivity index (χ3n) is 4.09. The highest BCUT2D eigenvalue weighted by Gasteiger charge is 2.06. The van der Waals surface area contributed by atoms with E-state index < -0.39 is 0 Å². The molecule has 19 heavy (non-hydrogen) atoms. The highest BCUT2D eigenvalue weighted by Crippen LogP contribution is 2.20. The van der Waals surface area contributed by atoms with Gasteiger partial charge in [0.05, 0.1) is 0 Å². The number of pyridine rings is 1. The first kappa shape index (κ1) is 16.2. The lowest BCUT2D eigenvalue weighted by molar-refractivity contribution is 0.404. The molecule has 1 rings (SSSR count). The van der Waals surface area contributed by atoms with Gasteiger partial charge in [0.15, 0.2) is 0 Å². The number of unbranched alkanes of at least 4 members (excludes halogenated alkanes) is 1. The van der Waals surface area contributed by atoms with Crippen molar-refractivity contribution in [3.63, 3.8) is 0 Å². The van der Waals surface area contributed by atoms with Crippen LogP contribution < -0.4 is 0 Å². The number of hydrogen-bond donors (Lipinski definition) is 0. The van der Waals surface area contributed by atoms with E-state index in [4.69, 9.17) is 0 Å². The van der Waals surface area contributed by atoms with Crippen molar-refractivity contribution in [1.29, 1.82) is 0 Å². The SMILES string of the molecule is CCCCC(C)CCCC(C)CCc1cccnc1. The Bertz CT molecular complexity index is 307. The van der Waals surface area contributed by atoms with Crippen LogP contribution in [-0.4, -0.2) is 4.98 Å². The highest BCUT2D eigenvalue weighted by atomic mass is 14.6. The van der Waals surface area contributed by atoms with Gasteiger partial charge in [-0.1, -0.05) is 65.4 Å². The minimum absolute atomic E-state index is 0.846. The van der Waals surface area contributed by atoms with Gasteiger partial charge in [-0.25, -0.2) is 0 Å². The molecule has 1 heterocycles. The smallest absolute Gasteiger partial charge is 0.0299 e. The maximum atomic E-state index is 4.18. The molecular weight excluding hydrogens is 230 g/mol. The van der Waals surface area contributed by atoms with Crippen molar-refractivity contribution in [3.8, 4) is 0 Å². The summed E-state index contributed by atoms with van der Waals surface area (Å²) < 4.78 is 0. The molecule has 0 radical (unpaired) electrons. The molecule has 1 aromatic heterocycles. The largest absolute Gasteiger partial charge is 0.264 e. The summed E-state index contributed by atoms with van der Waals surface area (Å²) >= 11 is 0. The average molecular weight is 261 g/mol. The molecular formula is C18H31N. The van der Waals surface area contributed by atoms with E-state index in [0.717, 1.165) is 11.8 Å². The maximum Gasteiger partial charge on any atom is 0.0299 e. The third-order valence-corrected chi connectivity index (χ3v) is 4.09. The molecule has 0 spiro atoms. The molecule has 1 aromatic rings. The second-order valence-corrected chi connectivity index (χ2v) is 6.18. The lowest BCUT2D eigenvalue weighted by atomic mass is 9.92. The molecule has 2 unspecified atom stereocenters. The van der Waals surface area contributed by atoms with Gasteiger partial charge in [-0.05, 0) is 36.3 Å². The third kappa shape index (κ3) is 8.02. The van der Waals surface area contributed by atoms with Crippen molar-refractivity contribution < 1.29 is 0 Å². The quantitative estimate of drug-likeness (QED) is 0.530. The Hall–Kier alpha value is -0.850. The van der Waals surface area contributed by atoms with E-state index in [-0.39, 0.29) is 0 Å². The van der Waals surface area contributed by atoms with Crippen LogP contribution in [0.4, 0.5) is 0 Å². The molecule has 0 saturated carbocycles. The van der Waals surface area contributed by atoms with Crippen molar-refractivity contribution >= 4 is 0 Å². The highest BCUT2D eigenvalue weighted by molar-refractivity contribution is 5.08. The summed E-state index contributed by atoms with van der Waals surface area (Å²) in [5.74, 6) is 1.77. The van der Waals surface area contributed by atoms with E-state index in [9.17, 15) is 0 Å². The summed E-state index contributed by atoms with van der Waals surface area (Å²) in [5.41, 5.74) is 1.38. The normalized spacial score (nSPS) is 14.3. The van der Waals surface area contributed by atoms with Gasteiger partial charge in [0.1, 0.15) is 0 Å². The van der Waals surface area contributed by atoms with E-state index in [0.29, 0.717) is 0 Å². The number of hydrogen-bond acceptors (Lipinski definition) is 1. The molecule has 0 fully saturated rings. The van der Waals surface area contributed by atoms with Crippen LogP contribution in [0.5, 0.6) is 0 Å². The predicted molar refractivity (Wildman–Crippen MR) is 84.3 cm³/mol. The zero-order valence-electron chi connectivity index (χ0n) is 13.1. The summed E-state index contributed by atoms with van der Waals surface area (Å²) in [4.78, 5) is 4.18. The Balaban J connectivity index is 2.06. The fraction of sp³-hybridized carbons (Fsp3) is 0.722. The second-order valence-electron chi connectivity index (χ2n) is 6.18. The maximum absolute atomic E-state index is 4.18. The number of aromatic nitrogens is 1. The molecule has 0 bridgehead atoms. The molecule has 0 aromatic carbocycles. The van der Waals surface area contributed by atoms with Gasteiger partial charge < -0.3 is 0 Å². The summed E-state index contributed by atoms with van der Waals surface area (Å²) in [7, 11) is 0. The summed E-state index contributed by atoms with van der Waals surface area (Å²) in [6.45, 7) is 7.09. The lowest BCUT2D eigenvalue weighted by Gasteiger charge is -2.14. The van der Waals surface area contributed by atoms with Gasteiger partial charge in [-0.2, -0.15) is 0 Å². The van der Waals surface area contributed by atoms with Crippen LogP contribution in [0.15, 0.2) is 24.5 Å². The van der Waals surface area contributed by atoms with Crippen molar-refractivity contribution in [3.05, 3.63) is 30.1 Å². The Morgan fingerprint density at radius 3 is 2.32 bits per heavy atom. The van der Waals surface area contributed by atoms with Crippen LogP contribution in [0, 0.1) is 11.8 Å². The van der Waals surface area contributed by atoms with E-state index in [1.807, 2.05) is 18.5 Å². The molecule has 0 saturated heterocycles. The van der Waals surface area contributed by atoms with Crippen molar-refractivity contribution in [2.45, 2.75) is 72.1 Å². The number of aryl methyl sites for hydroxylation is 1. The summed E-state index contributed by atoms with van der Waals surface area (Å²) in [6.07, 6.45) is 14.7. The first-order valence-corrected chi connectivity index (χ1v) is 8.11. The average Bonchev–Trinajstić information content (AvgIpc) is 2.44. The van der Waals surface area contributed by atoms with E-state index in [2.05, 4.69) is 31.8 Å². The zero-order valence-corrected chi connectivity index (χ0v) is 13.1.